The number of halogens is 5. The Hall–Kier alpha value is -1.96. The third kappa shape index (κ3) is 5.78. The lowest BCUT2D eigenvalue weighted by Gasteiger charge is -2.20. The van der Waals surface area contributed by atoms with Crippen molar-refractivity contribution in [3.8, 4) is 5.75 Å². The van der Waals surface area contributed by atoms with E-state index in [0.717, 1.165) is 11.6 Å². The van der Waals surface area contributed by atoms with Crippen molar-refractivity contribution in [2.24, 2.45) is 0 Å². The highest BCUT2D eigenvalue weighted by Crippen LogP contribution is 2.40. The van der Waals surface area contributed by atoms with E-state index in [1.165, 1.54) is 7.11 Å². The molecule has 0 spiro atoms. The molecule has 0 aliphatic carbocycles. The molecule has 2 aromatic rings. The number of alkyl halides is 3. The van der Waals surface area contributed by atoms with Gasteiger partial charge in [0.25, 0.3) is 0 Å². The molecule has 0 bridgehead atoms. The molecule has 2 N–H and O–H groups in total. The third-order valence-electron chi connectivity index (χ3n) is 4.43. The van der Waals surface area contributed by atoms with Crippen molar-refractivity contribution in [3.05, 3.63) is 57.1 Å². The molecular formula is C20H20Cl2F3NO3. The minimum absolute atomic E-state index is 0.112. The van der Waals surface area contributed by atoms with Crippen LogP contribution >= 0.6 is 23.2 Å². The van der Waals surface area contributed by atoms with Crippen molar-refractivity contribution >= 4 is 34.8 Å². The maximum atomic E-state index is 13.4. The average molecular weight is 450 g/mol. The Kier molecular flexibility index (Phi) is 7.80. The van der Waals surface area contributed by atoms with E-state index in [9.17, 15) is 18.0 Å². The zero-order chi connectivity index (χ0) is 21.8. The molecule has 1 unspecified atom stereocenters. The molecule has 29 heavy (non-hydrogen) atoms. The lowest BCUT2D eigenvalue weighted by Crippen LogP contribution is -2.23. The van der Waals surface area contributed by atoms with Crippen molar-refractivity contribution < 1.29 is 27.8 Å². The van der Waals surface area contributed by atoms with Crippen LogP contribution in [0.5, 0.6) is 5.75 Å². The SMILES string of the molecule is COc1cc(C(CCCO)C(=O)Nc2cc(Cl)c(Cl)cc2C(F)(F)F)ccc1C. The van der Waals surface area contributed by atoms with Gasteiger partial charge in [0.15, 0.2) is 0 Å². The standard InChI is InChI=1S/C20H20Cl2F3NO3/c1-11-5-6-12(8-18(11)29-2)13(4-3-7-27)19(28)26-17-10-16(22)15(21)9-14(17)20(23,24)25/h5-6,8-10,13,27H,3-4,7H2,1-2H3,(H,26,28). The van der Waals surface area contributed by atoms with Gasteiger partial charge < -0.3 is 15.2 Å². The first kappa shape index (κ1) is 23.3. The van der Waals surface area contributed by atoms with Gasteiger partial charge in [0.1, 0.15) is 5.75 Å². The summed E-state index contributed by atoms with van der Waals surface area (Å²) in [5.74, 6) is -0.907. The van der Waals surface area contributed by atoms with Gasteiger partial charge in [-0.15, -0.1) is 0 Å². The number of hydrogen-bond donors (Lipinski definition) is 2. The van der Waals surface area contributed by atoms with E-state index < -0.39 is 29.3 Å². The molecule has 9 heteroatoms. The van der Waals surface area contributed by atoms with Crippen LogP contribution in [-0.2, 0) is 11.0 Å². The highest BCUT2D eigenvalue weighted by atomic mass is 35.5. The van der Waals surface area contributed by atoms with Crippen LogP contribution in [0.4, 0.5) is 18.9 Å². The molecule has 4 nitrogen and oxygen atoms in total. The second-order valence-electron chi connectivity index (χ2n) is 6.45. The molecule has 1 atom stereocenters. The van der Waals surface area contributed by atoms with Crippen LogP contribution in [0, 0.1) is 6.92 Å². The fourth-order valence-electron chi connectivity index (χ4n) is 2.90. The first-order valence-electron chi connectivity index (χ1n) is 8.71. The monoisotopic (exact) mass is 449 g/mol. The summed E-state index contributed by atoms with van der Waals surface area (Å²) in [5.41, 5.74) is -0.166. The van der Waals surface area contributed by atoms with E-state index in [1.807, 2.05) is 6.92 Å². The number of aryl methyl sites for hydroxylation is 1. The van der Waals surface area contributed by atoms with E-state index in [0.29, 0.717) is 23.8 Å². The van der Waals surface area contributed by atoms with Crippen molar-refractivity contribution in [2.45, 2.75) is 31.9 Å². The first-order chi connectivity index (χ1) is 13.6. The number of hydrogen-bond acceptors (Lipinski definition) is 3. The van der Waals surface area contributed by atoms with Crippen LogP contribution in [0.2, 0.25) is 10.0 Å². The van der Waals surface area contributed by atoms with Gasteiger partial charge in [0, 0.05) is 6.61 Å². The molecule has 0 aromatic heterocycles. The Morgan fingerprint density at radius 2 is 1.86 bits per heavy atom. The average Bonchev–Trinajstić information content (AvgIpc) is 2.65. The number of amides is 1. The van der Waals surface area contributed by atoms with Gasteiger partial charge in [0.05, 0.1) is 34.3 Å². The predicted octanol–water partition coefficient (Wildman–Crippen LogP) is 5.82. The number of methoxy groups -OCH3 is 1. The molecule has 0 heterocycles. The fourth-order valence-corrected chi connectivity index (χ4v) is 3.23. The van der Waals surface area contributed by atoms with Crippen LogP contribution in [0.1, 0.15) is 35.4 Å². The Bertz CT molecular complexity index is 888. The zero-order valence-corrected chi connectivity index (χ0v) is 17.3. The lowest BCUT2D eigenvalue weighted by atomic mass is 9.92. The molecule has 2 aromatic carbocycles. The third-order valence-corrected chi connectivity index (χ3v) is 5.15. The summed E-state index contributed by atoms with van der Waals surface area (Å²) in [6, 6.07) is 6.78. The molecule has 0 saturated carbocycles. The molecule has 2 rings (SSSR count). The van der Waals surface area contributed by atoms with E-state index in [1.54, 1.807) is 18.2 Å². The Labute approximate surface area is 176 Å². The Morgan fingerprint density at radius 1 is 1.21 bits per heavy atom. The number of aliphatic hydroxyl groups excluding tert-OH is 1. The summed E-state index contributed by atoms with van der Waals surface area (Å²) in [6.07, 6.45) is -4.20. The molecule has 0 fully saturated rings. The number of ether oxygens (including phenoxy) is 1. The quantitative estimate of drug-likeness (QED) is 0.559. The minimum Gasteiger partial charge on any atom is -0.496 e. The van der Waals surface area contributed by atoms with E-state index in [4.69, 9.17) is 33.0 Å². The Balaban J connectivity index is 2.42. The van der Waals surface area contributed by atoms with Gasteiger partial charge in [-0.2, -0.15) is 13.2 Å². The van der Waals surface area contributed by atoms with Gasteiger partial charge in [-0.1, -0.05) is 35.3 Å². The number of anilines is 1. The molecule has 0 aliphatic rings. The van der Waals surface area contributed by atoms with Gasteiger partial charge in [-0.3, -0.25) is 4.79 Å². The van der Waals surface area contributed by atoms with Crippen LogP contribution in [0.3, 0.4) is 0 Å². The predicted molar refractivity (Wildman–Crippen MR) is 107 cm³/mol. The maximum absolute atomic E-state index is 13.4. The van der Waals surface area contributed by atoms with Gasteiger partial charge >= 0.3 is 6.18 Å². The summed E-state index contributed by atoms with van der Waals surface area (Å²) in [6.45, 7) is 1.67. The number of rotatable bonds is 7. The largest absolute Gasteiger partial charge is 0.496 e. The lowest BCUT2D eigenvalue weighted by molar-refractivity contribution is -0.137. The number of carbonyl (C=O) groups is 1. The van der Waals surface area contributed by atoms with Gasteiger partial charge in [-0.25, -0.2) is 0 Å². The van der Waals surface area contributed by atoms with Crippen molar-refractivity contribution in [1.29, 1.82) is 0 Å². The normalized spacial score (nSPS) is 12.6. The highest BCUT2D eigenvalue weighted by molar-refractivity contribution is 6.42. The van der Waals surface area contributed by atoms with Crippen LogP contribution in [0.25, 0.3) is 0 Å². The van der Waals surface area contributed by atoms with Crippen LogP contribution < -0.4 is 10.1 Å². The van der Waals surface area contributed by atoms with Crippen LogP contribution in [-0.4, -0.2) is 24.7 Å². The second kappa shape index (κ2) is 9.69. The number of benzene rings is 2. The minimum atomic E-state index is -4.73. The highest BCUT2D eigenvalue weighted by Gasteiger charge is 2.35. The Morgan fingerprint density at radius 3 is 2.45 bits per heavy atom. The maximum Gasteiger partial charge on any atom is 0.418 e. The zero-order valence-electron chi connectivity index (χ0n) is 15.7. The summed E-state index contributed by atoms with van der Waals surface area (Å²) < 4.78 is 45.4. The molecule has 0 saturated heterocycles. The topological polar surface area (TPSA) is 58.6 Å². The number of carbonyl (C=O) groups excluding carboxylic acids is 1. The summed E-state index contributed by atoms with van der Waals surface area (Å²) in [5, 5.41) is 11.1. The summed E-state index contributed by atoms with van der Waals surface area (Å²) in [7, 11) is 1.49. The van der Waals surface area contributed by atoms with E-state index in [-0.39, 0.29) is 23.1 Å². The first-order valence-corrected chi connectivity index (χ1v) is 9.46. The van der Waals surface area contributed by atoms with Crippen molar-refractivity contribution in [2.75, 3.05) is 19.0 Å². The van der Waals surface area contributed by atoms with E-state index >= 15 is 0 Å². The molecule has 0 aliphatic heterocycles. The summed E-state index contributed by atoms with van der Waals surface area (Å²) >= 11 is 11.6. The summed E-state index contributed by atoms with van der Waals surface area (Å²) in [4.78, 5) is 12.9. The molecular weight excluding hydrogens is 430 g/mol. The van der Waals surface area contributed by atoms with Crippen molar-refractivity contribution in [3.63, 3.8) is 0 Å². The molecule has 1 amide bonds. The second-order valence-corrected chi connectivity index (χ2v) is 7.26. The molecule has 158 valence electrons. The fraction of sp³-hybridized carbons (Fsp3) is 0.350. The number of nitrogens with one attached hydrogen (secondary N) is 1. The van der Waals surface area contributed by atoms with Gasteiger partial charge in [-0.05, 0) is 49.1 Å². The van der Waals surface area contributed by atoms with Crippen molar-refractivity contribution in [1.82, 2.24) is 0 Å². The molecule has 0 radical (unpaired) electrons. The van der Waals surface area contributed by atoms with Crippen LogP contribution in [0.15, 0.2) is 30.3 Å². The smallest absolute Gasteiger partial charge is 0.418 e. The number of aliphatic hydroxyl groups is 1. The van der Waals surface area contributed by atoms with Gasteiger partial charge in [0.2, 0.25) is 5.91 Å². The van der Waals surface area contributed by atoms with E-state index in [2.05, 4.69) is 5.32 Å².